The van der Waals surface area contributed by atoms with E-state index in [1.165, 1.54) is 0 Å². The van der Waals surface area contributed by atoms with Gasteiger partial charge in [-0.1, -0.05) is 15.9 Å². The molecule has 0 aromatic rings. The summed E-state index contributed by atoms with van der Waals surface area (Å²) in [6.45, 7) is 3.96. The highest BCUT2D eigenvalue weighted by molar-refractivity contribution is 9.09. The number of halogens is 1. The third kappa shape index (κ3) is 5.23. The van der Waals surface area contributed by atoms with Gasteiger partial charge in [-0.05, 0) is 13.8 Å². The van der Waals surface area contributed by atoms with Crippen molar-refractivity contribution in [3.63, 3.8) is 0 Å². The molecule has 0 aromatic heterocycles. The Labute approximate surface area is 103 Å². The number of phosphoric ester groups is 1. The summed E-state index contributed by atoms with van der Waals surface area (Å²) >= 11 is 3.08. The molecule has 1 unspecified atom stereocenters. The van der Waals surface area contributed by atoms with Gasteiger partial charge in [-0.25, -0.2) is 4.57 Å². The predicted octanol–water partition coefficient (Wildman–Crippen LogP) is 1.67. The van der Waals surface area contributed by atoms with Crippen molar-refractivity contribution in [2.45, 2.75) is 25.7 Å². The quantitative estimate of drug-likeness (QED) is 0.593. The molecule has 6 nitrogen and oxygen atoms in total. The minimum Gasteiger partial charge on any atom is -0.348 e. The number of hydrogen-bond acceptors (Lipinski definition) is 5. The number of hydrogen-bond donors (Lipinski definition) is 1. The fraction of sp³-hybridized carbons (Fsp3) is 1.00. The van der Waals surface area contributed by atoms with Crippen molar-refractivity contribution < 1.29 is 28.0 Å². The van der Waals surface area contributed by atoms with Gasteiger partial charge in [0, 0.05) is 5.33 Å². The van der Waals surface area contributed by atoms with E-state index in [4.69, 9.17) is 14.0 Å². The van der Waals surface area contributed by atoms with Crippen LogP contribution in [0.5, 0.6) is 0 Å². The molecule has 0 aliphatic carbocycles. The van der Waals surface area contributed by atoms with Gasteiger partial charge in [-0.15, -0.1) is 0 Å². The van der Waals surface area contributed by atoms with Crippen molar-refractivity contribution in [1.29, 1.82) is 0 Å². The summed E-state index contributed by atoms with van der Waals surface area (Å²) in [5.74, 6) is -0.663. The summed E-state index contributed by atoms with van der Waals surface area (Å²) in [6, 6.07) is 0. The van der Waals surface area contributed by atoms with Crippen molar-refractivity contribution in [1.82, 2.24) is 0 Å². The van der Waals surface area contributed by atoms with Gasteiger partial charge in [0.25, 0.3) is 0 Å². The zero-order valence-corrected chi connectivity index (χ0v) is 11.7. The topological polar surface area (TPSA) is 74.2 Å². The van der Waals surface area contributed by atoms with Crippen LogP contribution in [0.25, 0.3) is 0 Å². The number of rotatable bonds is 6. The molecule has 0 spiro atoms. The van der Waals surface area contributed by atoms with E-state index in [-0.39, 0.29) is 19.3 Å². The molecule has 1 aliphatic rings. The molecular formula is C8H16BrO6P. The summed E-state index contributed by atoms with van der Waals surface area (Å²) in [7, 11) is -3.97. The van der Waals surface area contributed by atoms with Crippen LogP contribution in [0, 0.1) is 0 Å². The highest BCUT2D eigenvalue weighted by atomic mass is 79.9. The minimum atomic E-state index is -3.97. The summed E-state index contributed by atoms with van der Waals surface area (Å²) in [4.78, 5) is 9.23. The summed E-state index contributed by atoms with van der Waals surface area (Å²) in [5.41, 5.74) is 0. The molecular weight excluding hydrogens is 303 g/mol. The highest BCUT2D eigenvalue weighted by Crippen LogP contribution is 2.43. The van der Waals surface area contributed by atoms with E-state index in [1.807, 2.05) is 0 Å². The van der Waals surface area contributed by atoms with Gasteiger partial charge in [0.05, 0.1) is 19.8 Å². The number of alkyl halides is 1. The molecule has 0 radical (unpaired) electrons. The summed E-state index contributed by atoms with van der Waals surface area (Å²) in [5, 5.41) is 0.469. The van der Waals surface area contributed by atoms with Crippen LogP contribution in [0.3, 0.4) is 0 Å². The van der Waals surface area contributed by atoms with Gasteiger partial charge >= 0.3 is 7.82 Å². The predicted molar refractivity (Wildman–Crippen MR) is 60.4 cm³/mol. The van der Waals surface area contributed by atoms with Crippen LogP contribution in [0.1, 0.15) is 13.8 Å². The van der Waals surface area contributed by atoms with E-state index >= 15 is 0 Å². The second-order valence-electron chi connectivity index (χ2n) is 3.74. The smallest absolute Gasteiger partial charge is 0.348 e. The molecule has 0 aromatic carbocycles. The Morgan fingerprint density at radius 1 is 1.56 bits per heavy atom. The van der Waals surface area contributed by atoms with Crippen LogP contribution in [0.15, 0.2) is 0 Å². The summed E-state index contributed by atoms with van der Waals surface area (Å²) in [6.07, 6.45) is -0.344. The average molecular weight is 319 g/mol. The Balaban J connectivity index is 2.27. The van der Waals surface area contributed by atoms with Crippen molar-refractivity contribution in [3.8, 4) is 0 Å². The Kier molecular flexibility index (Phi) is 5.38. The molecule has 1 saturated heterocycles. The maximum Gasteiger partial charge on any atom is 0.472 e. The molecule has 1 heterocycles. The number of ether oxygens (including phenoxy) is 2. The first kappa shape index (κ1) is 14.6. The fourth-order valence-corrected chi connectivity index (χ4v) is 2.37. The Bertz CT molecular complexity index is 271. The van der Waals surface area contributed by atoms with E-state index < -0.39 is 13.6 Å². The minimum absolute atomic E-state index is 0.0283. The molecule has 1 rings (SSSR count). The maximum atomic E-state index is 11.3. The summed E-state index contributed by atoms with van der Waals surface area (Å²) < 4.78 is 31.4. The Hall–Kier alpha value is 0.510. The molecule has 1 aliphatic heterocycles. The van der Waals surface area contributed by atoms with E-state index in [1.54, 1.807) is 13.8 Å². The molecule has 1 N–H and O–H groups in total. The lowest BCUT2D eigenvalue weighted by Gasteiger charge is -2.18. The van der Waals surface area contributed by atoms with Gasteiger partial charge in [0.2, 0.25) is 0 Å². The highest BCUT2D eigenvalue weighted by Gasteiger charge is 2.34. The zero-order chi connectivity index (χ0) is 12.2. The van der Waals surface area contributed by atoms with E-state index in [9.17, 15) is 9.46 Å². The first-order valence-electron chi connectivity index (χ1n) is 4.84. The van der Waals surface area contributed by atoms with Gasteiger partial charge in [0.15, 0.2) is 5.79 Å². The first-order valence-corrected chi connectivity index (χ1v) is 7.46. The normalized spacial score (nSPS) is 27.9. The van der Waals surface area contributed by atoms with Crippen molar-refractivity contribution in [3.05, 3.63) is 0 Å². The molecule has 0 saturated carbocycles. The van der Waals surface area contributed by atoms with Crippen molar-refractivity contribution >= 4 is 23.8 Å². The third-order valence-corrected chi connectivity index (χ3v) is 3.13. The molecule has 16 heavy (non-hydrogen) atoms. The van der Waals surface area contributed by atoms with Gasteiger partial charge in [0.1, 0.15) is 6.10 Å². The molecule has 0 amide bonds. The van der Waals surface area contributed by atoms with Gasteiger partial charge in [-0.3, -0.25) is 9.05 Å². The van der Waals surface area contributed by atoms with Crippen LogP contribution in [-0.4, -0.2) is 41.9 Å². The number of phosphoric acid groups is 1. The van der Waals surface area contributed by atoms with Gasteiger partial charge < -0.3 is 14.4 Å². The maximum absolute atomic E-state index is 11.3. The molecule has 2 atom stereocenters. The standard InChI is InChI=1S/C8H16BrO6P/c1-8(2)12-5-7(15-8)6-14-16(10,11)13-4-3-9/h7H,3-6H2,1-2H3,(H,10,11)/t7-/m1/s1. The zero-order valence-electron chi connectivity index (χ0n) is 9.22. The Morgan fingerprint density at radius 2 is 2.25 bits per heavy atom. The van der Waals surface area contributed by atoms with Crippen LogP contribution in [-0.2, 0) is 23.1 Å². The SMILES string of the molecule is CC1(C)OC[C@H](COP(=O)(O)OCCBr)O1. The molecule has 1 fully saturated rings. The second-order valence-corrected chi connectivity index (χ2v) is 5.98. The molecule has 0 bridgehead atoms. The average Bonchev–Trinajstić information content (AvgIpc) is 2.53. The van der Waals surface area contributed by atoms with Gasteiger partial charge in [-0.2, -0.15) is 0 Å². The molecule has 96 valence electrons. The van der Waals surface area contributed by atoms with Crippen molar-refractivity contribution in [2.75, 3.05) is 25.2 Å². The fourth-order valence-electron chi connectivity index (χ4n) is 1.21. The van der Waals surface area contributed by atoms with E-state index in [2.05, 4.69) is 20.5 Å². The van der Waals surface area contributed by atoms with Crippen LogP contribution < -0.4 is 0 Å². The lowest BCUT2D eigenvalue weighted by atomic mass is 10.4. The van der Waals surface area contributed by atoms with E-state index in [0.29, 0.717) is 11.9 Å². The third-order valence-electron chi connectivity index (χ3n) is 1.82. The van der Waals surface area contributed by atoms with E-state index in [0.717, 1.165) is 0 Å². The lowest BCUT2D eigenvalue weighted by molar-refractivity contribution is -0.142. The van der Waals surface area contributed by atoms with Crippen LogP contribution >= 0.6 is 23.8 Å². The Morgan fingerprint density at radius 3 is 2.75 bits per heavy atom. The van der Waals surface area contributed by atoms with Crippen molar-refractivity contribution in [2.24, 2.45) is 0 Å². The monoisotopic (exact) mass is 318 g/mol. The van der Waals surface area contributed by atoms with Crippen LogP contribution in [0.2, 0.25) is 0 Å². The second kappa shape index (κ2) is 5.91. The first-order chi connectivity index (χ1) is 7.35. The largest absolute Gasteiger partial charge is 0.472 e. The van der Waals surface area contributed by atoms with Crippen LogP contribution in [0.4, 0.5) is 0 Å². The lowest BCUT2D eigenvalue weighted by Crippen LogP contribution is -2.23. The molecule has 8 heteroatoms.